The van der Waals surface area contributed by atoms with E-state index in [0.29, 0.717) is 0 Å². The highest BCUT2D eigenvalue weighted by atomic mass is 16.3. The normalized spacial score (nSPS) is 17.3. The summed E-state index contributed by atoms with van der Waals surface area (Å²) in [5, 5.41) is 9.71. The molecule has 0 bridgehead atoms. The van der Waals surface area contributed by atoms with Gasteiger partial charge in [-0.1, -0.05) is 36.4 Å². The molecule has 0 radical (unpaired) electrons. The van der Waals surface area contributed by atoms with Gasteiger partial charge in [0.1, 0.15) is 0 Å². The van der Waals surface area contributed by atoms with Crippen molar-refractivity contribution < 1.29 is 5.11 Å². The minimum absolute atomic E-state index is 0.401. The van der Waals surface area contributed by atoms with E-state index < -0.39 is 6.10 Å². The van der Waals surface area contributed by atoms with Crippen molar-refractivity contribution in [2.45, 2.75) is 26.4 Å². The molecule has 1 nitrogen and oxygen atoms in total. The molecule has 1 aliphatic carbocycles. The van der Waals surface area contributed by atoms with Crippen LogP contribution in [-0.2, 0) is 0 Å². The Kier molecular flexibility index (Phi) is 2.74. The van der Waals surface area contributed by atoms with Gasteiger partial charge in [-0.2, -0.15) is 0 Å². The first-order valence-electron chi connectivity index (χ1n) is 5.34. The van der Waals surface area contributed by atoms with Gasteiger partial charge >= 0.3 is 0 Å². The van der Waals surface area contributed by atoms with Gasteiger partial charge < -0.3 is 5.11 Å². The summed E-state index contributed by atoms with van der Waals surface area (Å²) < 4.78 is 0. The van der Waals surface area contributed by atoms with Crippen molar-refractivity contribution in [1.29, 1.82) is 0 Å². The van der Waals surface area contributed by atoms with Crippen LogP contribution in [0.2, 0.25) is 0 Å². The molecule has 0 aliphatic heterocycles. The maximum Gasteiger partial charge on any atom is 0.0767 e. The van der Waals surface area contributed by atoms with Crippen LogP contribution >= 0.6 is 0 Å². The fourth-order valence-corrected chi connectivity index (χ4v) is 2.07. The van der Waals surface area contributed by atoms with E-state index in [9.17, 15) is 5.11 Å². The molecule has 78 valence electrons. The molecule has 1 heteroatoms. The molecule has 0 aromatic heterocycles. The lowest BCUT2D eigenvalue weighted by molar-refractivity contribution is 0.199. The zero-order chi connectivity index (χ0) is 10.8. The van der Waals surface area contributed by atoms with Crippen molar-refractivity contribution in [3.8, 4) is 0 Å². The molecule has 0 saturated carbocycles. The molecule has 1 unspecified atom stereocenters. The van der Waals surface area contributed by atoms with Crippen molar-refractivity contribution in [2.75, 3.05) is 0 Å². The Hall–Kier alpha value is -1.34. The number of allylic oxidation sites excluding steroid dienone is 4. The SMILES string of the molecule is CC1=C(c2ccccc2C(C)O)CC=C1. The third kappa shape index (κ3) is 1.88. The molecule has 0 amide bonds. The van der Waals surface area contributed by atoms with Crippen LogP contribution in [-0.4, -0.2) is 5.11 Å². The summed E-state index contributed by atoms with van der Waals surface area (Å²) in [5.41, 5.74) is 4.86. The number of aliphatic hydroxyl groups excluding tert-OH is 1. The molecule has 1 N–H and O–H groups in total. The van der Waals surface area contributed by atoms with Crippen LogP contribution in [0.4, 0.5) is 0 Å². The van der Waals surface area contributed by atoms with Gasteiger partial charge in [0.15, 0.2) is 0 Å². The van der Waals surface area contributed by atoms with Crippen LogP contribution in [0.3, 0.4) is 0 Å². The lowest BCUT2D eigenvalue weighted by Gasteiger charge is -2.13. The van der Waals surface area contributed by atoms with E-state index in [2.05, 4.69) is 25.1 Å². The maximum atomic E-state index is 9.71. The smallest absolute Gasteiger partial charge is 0.0767 e. The molecule has 1 aliphatic rings. The van der Waals surface area contributed by atoms with Crippen LogP contribution in [0.15, 0.2) is 42.0 Å². The molecule has 0 saturated heterocycles. The predicted molar refractivity (Wildman–Crippen MR) is 63.4 cm³/mol. The molecule has 1 aromatic rings. The predicted octanol–water partition coefficient (Wildman–Crippen LogP) is 3.47. The number of hydrogen-bond acceptors (Lipinski definition) is 1. The second kappa shape index (κ2) is 4.03. The number of hydrogen-bond donors (Lipinski definition) is 1. The van der Waals surface area contributed by atoms with Crippen LogP contribution in [0, 0.1) is 0 Å². The van der Waals surface area contributed by atoms with Crippen LogP contribution < -0.4 is 0 Å². The summed E-state index contributed by atoms with van der Waals surface area (Å²) in [7, 11) is 0. The molecule has 0 heterocycles. The van der Waals surface area contributed by atoms with Crippen molar-refractivity contribution >= 4 is 5.57 Å². The summed E-state index contributed by atoms with van der Waals surface area (Å²) in [6.45, 7) is 3.94. The Bertz CT molecular complexity index is 425. The van der Waals surface area contributed by atoms with Crippen molar-refractivity contribution in [3.05, 3.63) is 53.1 Å². The molecule has 0 spiro atoms. The Balaban J connectivity index is 2.49. The van der Waals surface area contributed by atoms with Gasteiger partial charge in [0.2, 0.25) is 0 Å². The third-order valence-corrected chi connectivity index (χ3v) is 2.90. The molecular weight excluding hydrogens is 184 g/mol. The second-order valence-corrected chi connectivity index (χ2v) is 4.03. The van der Waals surface area contributed by atoms with Gasteiger partial charge in [-0.3, -0.25) is 0 Å². The Morgan fingerprint density at radius 2 is 2.00 bits per heavy atom. The van der Waals surface area contributed by atoms with E-state index in [4.69, 9.17) is 0 Å². The second-order valence-electron chi connectivity index (χ2n) is 4.03. The Morgan fingerprint density at radius 3 is 2.60 bits per heavy atom. The summed E-state index contributed by atoms with van der Waals surface area (Å²) in [6.07, 6.45) is 4.90. The van der Waals surface area contributed by atoms with Gasteiger partial charge in [0.25, 0.3) is 0 Å². The van der Waals surface area contributed by atoms with Crippen LogP contribution in [0.5, 0.6) is 0 Å². The van der Waals surface area contributed by atoms with Crippen molar-refractivity contribution in [1.82, 2.24) is 0 Å². The largest absolute Gasteiger partial charge is 0.389 e. The summed E-state index contributed by atoms with van der Waals surface area (Å²) in [4.78, 5) is 0. The Morgan fingerprint density at radius 1 is 1.27 bits per heavy atom. The summed E-state index contributed by atoms with van der Waals surface area (Å²) in [6, 6.07) is 8.09. The van der Waals surface area contributed by atoms with Gasteiger partial charge in [-0.25, -0.2) is 0 Å². The maximum absolute atomic E-state index is 9.71. The average Bonchev–Trinajstić information content (AvgIpc) is 2.64. The monoisotopic (exact) mass is 200 g/mol. The van der Waals surface area contributed by atoms with Gasteiger partial charge in [-0.05, 0) is 42.5 Å². The number of rotatable bonds is 2. The average molecular weight is 200 g/mol. The summed E-state index contributed by atoms with van der Waals surface area (Å²) >= 11 is 0. The van der Waals surface area contributed by atoms with Gasteiger partial charge in [-0.15, -0.1) is 0 Å². The molecule has 0 fully saturated rings. The molecule has 2 rings (SSSR count). The highest BCUT2D eigenvalue weighted by molar-refractivity contribution is 5.76. The Labute approximate surface area is 90.8 Å². The van der Waals surface area contributed by atoms with Crippen LogP contribution in [0.1, 0.15) is 37.5 Å². The number of aliphatic hydroxyl groups is 1. The molecule has 1 atom stereocenters. The van der Waals surface area contributed by atoms with Crippen molar-refractivity contribution in [2.24, 2.45) is 0 Å². The standard InChI is InChI=1S/C14H16O/c1-10-6-5-9-12(10)14-8-4-3-7-13(14)11(2)15/h3-8,11,15H,9H2,1-2H3. The minimum Gasteiger partial charge on any atom is -0.389 e. The zero-order valence-electron chi connectivity index (χ0n) is 9.20. The van der Waals surface area contributed by atoms with Gasteiger partial charge in [0, 0.05) is 0 Å². The van der Waals surface area contributed by atoms with E-state index >= 15 is 0 Å². The van der Waals surface area contributed by atoms with Gasteiger partial charge in [0.05, 0.1) is 6.10 Å². The topological polar surface area (TPSA) is 20.2 Å². The van der Waals surface area contributed by atoms with Crippen molar-refractivity contribution in [3.63, 3.8) is 0 Å². The summed E-state index contributed by atoms with van der Waals surface area (Å²) in [5.74, 6) is 0. The zero-order valence-corrected chi connectivity index (χ0v) is 9.20. The fourth-order valence-electron chi connectivity index (χ4n) is 2.07. The molecular formula is C14H16O. The number of benzene rings is 1. The lowest BCUT2D eigenvalue weighted by Crippen LogP contribution is -1.97. The molecule has 15 heavy (non-hydrogen) atoms. The quantitative estimate of drug-likeness (QED) is 0.775. The van der Waals surface area contributed by atoms with E-state index in [1.54, 1.807) is 0 Å². The fraction of sp³-hybridized carbons (Fsp3) is 0.286. The van der Waals surface area contributed by atoms with Crippen LogP contribution in [0.25, 0.3) is 5.57 Å². The highest BCUT2D eigenvalue weighted by Crippen LogP contribution is 2.32. The minimum atomic E-state index is -0.401. The first-order valence-corrected chi connectivity index (χ1v) is 5.34. The van der Waals surface area contributed by atoms with E-state index in [-0.39, 0.29) is 0 Å². The first kappa shape index (κ1) is 10.2. The first-order chi connectivity index (χ1) is 7.20. The molecule has 1 aromatic carbocycles. The highest BCUT2D eigenvalue weighted by Gasteiger charge is 2.13. The third-order valence-electron chi connectivity index (χ3n) is 2.90. The lowest BCUT2D eigenvalue weighted by atomic mass is 9.94. The van der Waals surface area contributed by atoms with E-state index in [0.717, 1.165) is 12.0 Å². The van der Waals surface area contributed by atoms with E-state index in [1.165, 1.54) is 16.7 Å². The van der Waals surface area contributed by atoms with E-state index in [1.807, 2.05) is 25.1 Å².